The number of thioether (sulfide) groups is 1. The quantitative estimate of drug-likeness (QED) is 0.343. The Morgan fingerprint density at radius 1 is 0.968 bits per heavy atom. The second-order valence-electron chi connectivity index (χ2n) is 7.99. The Hall–Kier alpha value is -2.03. The van der Waals surface area contributed by atoms with Crippen LogP contribution in [0.25, 0.3) is 11.2 Å². The molecule has 0 amide bonds. The van der Waals surface area contributed by atoms with E-state index in [4.69, 9.17) is 0 Å². The van der Waals surface area contributed by atoms with Crippen molar-refractivity contribution in [1.82, 2.24) is 18.7 Å². The fourth-order valence-electron chi connectivity index (χ4n) is 3.68. The number of hydrogen-bond donors (Lipinski definition) is 1. The lowest BCUT2D eigenvalue weighted by Crippen LogP contribution is -2.39. The number of aliphatic carboxylic acids is 1. The molecule has 0 aliphatic rings. The van der Waals surface area contributed by atoms with Crippen LogP contribution in [0.4, 0.5) is 0 Å². The first-order valence-electron chi connectivity index (χ1n) is 11.5. The third kappa shape index (κ3) is 6.02. The zero-order valence-electron chi connectivity index (χ0n) is 19.2. The molecule has 1 atom stereocenters. The summed E-state index contributed by atoms with van der Waals surface area (Å²) in [6.45, 7) is 7.04. The van der Waals surface area contributed by atoms with Gasteiger partial charge in [0.2, 0.25) is 0 Å². The van der Waals surface area contributed by atoms with Crippen LogP contribution < -0.4 is 11.2 Å². The third-order valence-corrected chi connectivity index (χ3v) is 6.90. The summed E-state index contributed by atoms with van der Waals surface area (Å²) in [5.74, 6) is -0.903. The number of unbranched alkanes of at least 4 members (excludes halogenated alkanes) is 6. The van der Waals surface area contributed by atoms with Crippen LogP contribution in [-0.2, 0) is 24.9 Å². The minimum absolute atomic E-state index is 0.326. The highest BCUT2D eigenvalue weighted by atomic mass is 32.2. The Morgan fingerprint density at radius 2 is 1.55 bits per heavy atom. The number of carboxylic acids is 1. The first kappa shape index (κ1) is 25.2. The van der Waals surface area contributed by atoms with Gasteiger partial charge in [0.25, 0.3) is 5.56 Å². The average Bonchev–Trinajstić information content (AvgIpc) is 3.11. The van der Waals surface area contributed by atoms with E-state index >= 15 is 0 Å². The molecule has 2 heterocycles. The number of carboxylic acid groups (broad SMARTS) is 1. The van der Waals surface area contributed by atoms with E-state index < -0.39 is 11.2 Å². The predicted octanol–water partition coefficient (Wildman–Crippen LogP) is 4.01. The van der Waals surface area contributed by atoms with Gasteiger partial charge < -0.3 is 9.67 Å². The van der Waals surface area contributed by atoms with E-state index in [9.17, 15) is 19.5 Å². The number of hydrogen-bond acceptors (Lipinski definition) is 5. The van der Waals surface area contributed by atoms with Gasteiger partial charge in [0.15, 0.2) is 16.3 Å². The summed E-state index contributed by atoms with van der Waals surface area (Å²) >= 11 is 1.16. The number of aryl methyl sites for hydroxylation is 2. The number of carbonyl (C=O) groups is 1. The Kier molecular flexibility index (Phi) is 9.87. The predicted molar refractivity (Wildman–Crippen MR) is 125 cm³/mol. The molecule has 0 bridgehead atoms. The van der Waals surface area contributed by atoms with Crippen LogP contribution in [0.2, 0.25) is 0 Å². The normalized spacial score (nSPS) is 12.5. The molecule has 8 nitrogen and oxygen atoms in total. The van der Waals surface area contributed by atoms with Crippen LogP contribution in [0, 0.1) is 0 Å². The van der Waals surface area contributed by atoms with Crippen molar-refractivity contribution in [3.05, 3.63) is 20.8 Å². The highest BCUT2D eigenvalue weighted by Gasteiger charge is 2.24. The van der Waals surface area contributed by atoms with Crippen LogP contribution in [0.1, 0.15) is 78.6 Å². The molecule has 9 heteroatoms. The molecule has 2 aromatic rings. The highest BCUT2D eigenvalue weighted by Crippen LogP contribution is 2.28. The summed E-state index contributed by atoms with van der Waals surface area (Å²) < 4.78 is 4.57. The zero-order chi connectivity index (χ0) is 23.0. The van der Waals surface area contributed by atoms with E-state index in [1.165, 1.54) is 9.13 Å². The van der Waals surface area contributed by atoms with Crippen molar-refractivity contribution in [3.63, 3.8) is 0 Å². The summed E-state index contributed by atoms with van der Waals surface area (Å²) in [6, 6.07) is 0. The molecule has 2 rings (SSSR count). The van der Waals surface area contributed by atoms with Gasteiger partial charge in [-0.2, -0.15) is 0 Å². The number of fused-ring (bicyclic) bond motifs is 1. The summed E-state index contributed by atoms with van der Waals surface area (Å²) in [7, 11) is 1.63. The Labute approximate surface area is 187 Å². The summed E-state index contributed by atoms with van der Waals surface area (Å²) in [6.07, 6.45) is 8.43. The molecule has 1 N–H and O–H groups in total. The van der Waals surface area contributed by atoms with Crippen molar-refractivity contribution in [2.24, 2.45) is 7.05 Å². The molecule has 174 valence electrons. The zero-order valence-corrected chi connectivity index (χ0v) is 20.0. The largest absolute Gasteiger partial charge is 0.480 e. The first-order valence-corrected chi connectivity index (χ1v) is 12.3. The van der Waals surface area contributed by atoms with Gasteiger partial charge in [0, 0.05) is 20.1 Å². The van der Waals surface area contributed by atoms with Gasteiger partial charge in [-0.15, -0.1) is 0 Å². The Morgan fingerprint density at radius 3 is 2.06 bits per heavy atom. The monoisotopic (exact) mass is 452 g/mol. The molecule has 0 aliphatic heterocycles. The minimum atomic E-state index is -0.903. The molecule has 0 aromatic carbocycles. The summed E-state index contributed by atoms with van der Waals surface area (Å²) in [5.41, 5.74) is 0.0362. The van der Waals surface area contributed by atoms with E-state index in [0.29, 0.717) is 35.8 Å². The van der Waals surface area contributed by atoms with Crippen molar-refractivity contribution < 1.29 is 9.90 Å². The maximum atomic E-state index is 13.3. The van der Waals surface area contributed by atoms with Gasteiger partial charge in [0.05, 0.1) is 0 Å². The molecule has 2 aromatic heterocycles. The van der Waals surface area contributed by atoms with Crippen LogP contribution in [0.3, 0.4) is 0 Å². The molecule has 0 saturated carbocycles. The molecule has 0 saturated heterocycles. The van der Waals surface area contributed by atoms with Crippen molar-refractivity contribution in [3.8, 4) is 0 Å². The van der Waals surface area contributed by atoms with E-state index in [1.807, 2.05) is 11.5 Å². The van der Waals surface area contributed by atoms with E-state index in [0.717, 1.165) is 63.1 Å². The van der Waals surface area contributed by atoms with Gasteiger partial charge in [-0.1, -0.05) is 71.1 Å². The standard InChI is InChI=1S/C22H36N4O4S/c1-5-8-10-12-14-25-17-18(23-21(25)31-16(7-3)20(28)29)24(4)22(30)26(19(17)27)15-13-11-9-6-2/h16H,5-15H2,1-4H3,(H,28,29). The van der Waals surface area contributed by atoms with Gasteiger partial charge in [0.1, 0.15) is 5.25 Å². The van der Waals surface area contributed by atoms with Gasteiger partial charge in [-0.3, -0.25) is 18.7 Å². The van der Waals surface area contributed by atoms with Gasteiger partial charge in [-0.25, -0.2) is 9.78 Å². The number of rotatable bonds is 14. The molecule has 31 heavy (non-hydrogen) atoms. The maximum Gasteiger partial charge on any atom is 0.332 e. The maximum absolute atomic E-state index is 13.3. The molecular weight excluding hydrogens is 416 g/mol. The van der Waals surface area contributed by atoms with Gasteiger partial charge >= 0.3 is 11.7 Å². The molecule has 0 fully saturated rings. The average molecular weight is 453 g/mol. The van der Waals surface area contributed by atoms with Crippen LogP contribution in [0.5, 0.6) is 0 Å². The summed E-state index contributed by atoms with van der Waals surface area (Å²) in [5, 5.41) is 9.35. The SMILES string of the molecule is CCCCCCn1c(=O)c2c(nc(SC(CC)C(=O)O)n2CCCCCC)n(C)c1=O. The Bertz CT molecular complexity index is 992. The summed E-state index contributed by atoms with van der Waals surface area (Å²) in [4.78, 5) is 42.4. The lowest BCUT2D eigenvalue weighted by atomic mass is 10.2. The highest BCUT2D eigenvalue weighted by molar-refractivity contribution is 8.00. The number of aromatic nitrogens is 4. The van der Waals surface area contributed by atoms with Crippen LogP contribution >= 0.6 is 11.8 Å². The minimum Gasteiger partial charge on any atom is -0.480 e. The first-order chi connectivity index (χ1) is 14.9. The molecule has 0 spiro atoms. The van der Waals surface area contributed by atoms with Crippen molar-refractivity contribution in [2.45, 2.75) is 102 Å². The Balaban J connectivity index is 2.56. The smallest absolute Gasteiger partial charge is 0.332 e. The topological polar surface area (TPSA) is 99.1 Å². The lowest BCUT2D eigenvalue weighted by molar-refractivity contribution is -0.136. The van der Waals surface area contributed by atoms with Crippen molar-refractivity contribution >= 4 is 28.9 Å². The fourth-order valence-corrected chi connectivity index (χ4v) is 4.65. The van der Waals surface area contributed by atoms with Crippen molar-refractivity contribution in [2.75, 3.05) is 0 Å². The number of nitrogens with zero attached hydrogens (tertiary/aromatic N) is 4. The second kappa shape index (κ2) is 12.1. The van der Waals surface area contributed by atoms with Crippen molar-refractivity contribution in [1.29, 1.82) is 0 Å². The lowest BCUT2D eigenvalue weighted by Gasteiger charge is -2.12. The van der Waals surface area contributed by atoms with Crippen LogP contribution in [-0.4, -0.2) is 35.0 Å². The third-order valence-electron chi connectivity index (χ3n) is 5.56. The molecule has 0 aliphatic carbocycles. The van der Waals surface area contributed by atoms with E-state index in [2.05, 4.69) is 18.8 Å². The second-order valence-corrected chi connectivity index (χ2v) is 9.16. The van der Waals surface area contributed by atoms with E-state index in [1.54, 1.807) is 7.05 Å². The molecule has 0 radical (unpaired) electrons. The number of imidazole rings is 1. The van der Waals surface area contributed by atoms with E-state index in [-0.39, 0.29) is 11.2 Å². The van der Waals surface area contributed by atoms with Crippen LogP contribution in [0.15, 0.2) is 14.7 Å². The molecular formula is C22H36N4O4S. The van der Waals surface area contributed by atoms with Gasteiger partial charge in [-0.05, 0) is 19.3 Å². The molecule has 1 unspecified atom stereocenters. The fraction of sp³-hybridized carbons (Fsp3) is 0.727.